The van der Waals surface area contributed by atoms with Gasteiger partial charge in [0.25, 0.3) is 0 Å². The second-order valence-electron chi connectivity index (χ2n) is 26.5. The van der Waals surface area contributed by atoms with Gasteiger partial charge in [-0.3, -0.25) is 13.6 Å². The Bertz CT molecular complexity index is 952. The molecule has 0 aliphatic carbocycles. The van der Waals surface area contributed by atoms with Gasteiger partial charge in [-0.2, -0.15) is 0 Å². The Hall–Kier alpha value is 0.110. The minimum absolute atomic E-state index is 0.0606. The highest BCUT2D eigenvalue weighted by Crippen LogP contribution is 2.55. The molecule has 0 fully saturated rings. The van der Waals surface area contributed by atoms with Gasteiger partial charge in [0.2, 0.25) is 0 Å². The van der Waals surface area contributed by atoms with Gasteiger partial charge in [0.15, 0.2) is 0 Å². The molecule has 0 radical (unpaired) electrons. The molecule has 0 aliphatic heterocycles. The van der Waals surface area contributed by atoms with Crippen molar-refractivity contribution >= 4 is 7.82 Å². The predicted octanol–water partition coefficient (Wildman–Crippen LogP) is 29.1. The summed E-state index contributed by atoms with van der Waals surface area (Å²) in [4.78, 5) is 0. The molecule has 0 bridgehead atoms. The van der Waals surface area contributed by atoms with Crippen LogP contribution in [-0.2, 0) is 18.1 Å². The van der Waals surface area contributed by atoms with Crippen molar-refractivity contribution in [3.05, 3.63) is 0 Å². The highest BCUT2D eigenvalue weighted by molar-refractivity contribution is 7.48. The van der Waals surface area contributed by atoms with Crippen LogP contribution < -0.4 is 0 Å². The third kappa shape index (κ3) is 61.2. The molecule has 0 amide bonds. The fourth-order valence-electron chi connectivity index (χ4n) is 12.5. The van der Waals surface area contributed by atoms with Gasteiger partial charge in [-0.25, -0.2) is 4.57 Å². The highest BCUT2D eigenvalue weighted by Gasteiger charge is 2.36. The summed E-state index contributed by atoms with van der Waals surface area (Å²) >= 11 is 0. The average Bonchev–Trinajstić information content (AvgIpc) is 3.45. The van der Waals surface area contributed by atoms with E-state index in [4.69, 9.17) is 13.6 Å². The summed E-state index contributed by atoms with van der Waals surface area (Å²) in [7, 11) is -3.87. The van der Waals surface area contributed by atoms with E-state index >= 15 is 4.57 Å². The fourth-order valence-corrected chi connectivity index (χ4v) is 14.4. The first kappa shape index (κ1) is 80.1. The van der Waals surface area contributed by atoms with Crippen LogP contribution in [0.3, 0.4) is 0 Å². The largest absolute Gasteiger partial charge is 0.475 e. The summed E-state index contributed by atoms with van der Waals surface area (Å²) in [5, 5.41) is 0. The molecule has 0 heterocycles. The normalized spacial score (nSPS) is 12.2. The molecular weight excluding hydrogens is 996 g/mol. The average molecular weight is 1150 g/mol. The molecule has 0 saturated heterocycles. The van der Waals surface area contributed by atoms with Crippen LogP contribution in [0.4, 0.5) is 0 Å². The van der Waals surface area contributed by atoms with Crippen molar-refractivity contribution in [2.45, 2.75) is 484 Å². The standard InChI is InChI=1S/C75H153O4P/c1-7-13-19-25-31-37-43-49-55-61-67-73(68-62-56-50-44-38-32-26-20-14-8-2)77-80(76,78-74(69-63-57-51-45-39-33-27-21-15-9-3)70-64-58-52-46-40-34-28-22-16-10-4)79-75(71-65-59-53-47-41-35-29-23-17-11-5)72-66-60-54-48-42-36-30-24-18-12-6/h73-75H,7-72H2,1-6H3. The molecule has 0 unspecified atom stereocenters. The van der Waals surface area contributed by atoms with Gasteiger partial charge in [0.05, 0.1) is 18.3 Å². The Morgan fingerprint density at radius 2 is 0.275 bits per heavy atom. The van der Waals surface area contributed by atoms with Gasteiger partial charge in [0, 0.05) is 0 Å². The molecule has 5 heteroatoms. The lowest BCUT2D eigenvalue weighted by Crippen LogP contribution is -2.22. The van der Waals surface area contributed by atoms with Gasteiger partial charge in [-0.05, 0) is 38.5 Å². The van der Waals surface area contributed by atoms with Crippen molar-refractivity contribution in [2.75, 3.05) is 0 Å². The van der Waals surface area contributed by atoms with Crippen molar-refractivity contribution < 1.29 is 18.1 Å². The van der Waals surface area contributed by atoms with Crippen LogP contribution in [-0.4, -0.2) is 18.3 Å². The predicted molar refractivity (Wildman–Crippen MR) is 361 cm³/mol. The lowest BCUT2D eigenvalue weighted by Gasteiger charge is -2.31. The van der Waals surface area contributed by atoms with E-state index in [0.717, 1.165) is 77.0 Å². The molecule has 0 saturated carbocycles. The number of hydrogen-bond donors (Lipinski definition) is 0. The Labute approximate surface area is 507 Å². The van der Waals surface area contributed by atoms with E-state index in [1.807, 2.05) is 0 Å². The summed E-state index contributed by atoms with van der Waals surface area (Å²) in [5.41, 5.74) is 0. The molecule has 0 aromatic carbocycles. The number of unbranched alkanes of at least 4 members (excludes halogenated alkanes) is 54. The topological polar surface area (TPSA) is 44.8 Å². The number of hydrogen-bond acceptors (Lipinski definition) is 4. The number of rotatable bonds is 72. The molecule has 80 heavy (non-hydrogen) atoms. The first-order chi connectivity index (χ1) is 39.5. The zero-order valence-electron chi connectivity index (χ0n) is 56.5. The van der Waals surface area contributed by atoms with E-state index in [0.29, 0.717) is 0 Å². The third-order valence-corrected chi connectivity index (χ3v) is 19.8. The Morgan fingerprint density at radius 3 is 0.388 bits per heavy atom. The maximum absolute atomic E-state index is 16.1. The lowest BCUT2D eigenvalue weighted by atomic mass is 10.0. The summed E-state index contributed by atoms with van der Waals surface area (Å²) in [6.45, 7) is 13.9. The van der Waals surface area contributed by atoms with E-state index in [9.17, 15) is 0 Å². The van der Waals surface area contributed by atoms with Crippen molar-refractivity contribution in [3.63, 3.8) is 0 Å². The second kappa shape index (κ2) is 68.2. The van der Waals surface area contributed by atoms with E-state index in [2.05, 4.69) is 41.5 Å². The van der Waals surface area contributed by atoms with Gasteiger partial charge in [0.1, 0.15) is 0 Å². The zero-order valence-corrected chi connectivity index (χ0v) is 57.4. The summed E-state index contributed by atoms with van der Waals surface area (Å²) in [5.74, 6) is 0. The summed E-state index contributed by atoms with van der Waals surface area (Å²) in [6, 6.07) is 0. The molecule has 0 rings (SSSR count). The van der Waals surface area contributed by atoms with Crippen LogP contribution in [0.1, 0.15) is 465 Å². The van der Waals surface area contributed by atoms with E-state index in [-0.39, 0.29) is 18.3 Å². The quantitative estimate of drug-likeness (QED) is 0.0450. The molecule has 482 valence electrons. The smallest absolute Gasteiger partial charge is 0.284 e. The monoisotopic (exact) mass is 1150 g/mol. The third-order valence-electron chi connectivity index (χ3n) is 18.1. The first-order valence-corrected chi connectivity index (χ1v) is 39.6. The van der Waals surface area contributed by atoms with Gasteiger partial charge < -0.3 is 0 Å². The molecule has 0 N–H and O–H groups in total. The van der Waals surface area contributed by atoms with Crippen molar-refractivity contribution in [2.24, 2.45) is 0 Å². The fraction of sp³-hybridized carbons (Fsp3) is 1.00. The Balaban J connectivity index is 6.51. The van der Waals surface area contributed by atoms with E-state index < -0.39 is 7.82 Å². The first-order valence-electron chi connectivity index (χ1n) is 38.1. The SMILES string of the molecule is CCCCCCCCCCCCC(CCCCCCCCCCCC)OP(=O)(OC(CCCCCCCCCCCC)CCCCCCCCCCCC)OC(CCCCCCCCCCCC)CCCCCCCCCCCC. The molecule has 0 aromatic heterocycles. The molecule has 0 spiro atoms. The van der Waals surface area contributed by atoms with Crippen LogP contribution >= 0.6 is 7.82 Å². The van der Waals surface area contributed by atoms with Crippen LogP contribution in [0.5, 0.6) is 0 Å². The summed E-state index contributed by atoms with van der Waals surface area (Å²) in [6.07, 6.45) is 85.7. The molecule has 0 aromatic rings. The van der Waals surface area contributed by atoms with Gasteiger partial charge >= 0.3 is 7.82 Å². The number of phosphoric acid groups is 1. The van der Waals surface area contributed by atoms with E-state index in [1.54, 1.807) is 0 Å². The Morgan fingerprint density at radius 1 is 0.175 bits per heavy atom. The maximum atomic E-state index is 16.1. The zero-order chi connectivity index (χ0) is 58.0. The van der Waals surface area contributed by atoms with Crippen LogP contribution in [0, 0.1) is 0 Å². The molecule has 0 aliphatic rings. The minimum atomic E-state index is -3.87. The number of phosphoric ester groups is 1. The lowest BCUT2D eigenvalue weighted by molar-refractivity contribution is 0.0156. The van der Waals surface area contributed by atoms with Crippen LogP contribution in [0.2, 0.25) is 0 Å². The van der Waals surface area contributed by atoms with Crippen molar-refractivity contribution in [1.82, 2.24) is 0 Å². The summed E-state index contributed by atoms with van der Waals surface area (Å²) < 4.78 is 37.6. The molecule has 4 nitrogen and oxygen atoms in total. The minimum Gasteiger partial charge on any atom is -0.284 e. The molecule has 0 atom stereocenters. The molecular formula is C75H153O4P. The maximum Gasteiger partial charge on any atom is 0.475 e. The van der Waals surface area contributed by atoms with Gasteiger partial charge in [-0.1, -0.05) is 427 Å². The second-order valence-corrected chi connectivity index (χ2v) is 28.0. The van der Waals surface area contributed by atoms with E-state index in [1.165, 1.54) is 347 Å². The Kier molecular flexibility index (Phi) is 68.3. The van der Waals surface area contributed by atoms with Gasteiger partial charge in [-0.15, -0.1) is 0 Å². The van der Waals surface area contributed by atoms with Crippen LogP contribution in [0.15, 0.2) is 0 Å². The van der Waals surface area contributed by atoms with Crippen molar-refractivity contribution in [3.8, 4) is 0 Å². The van der Waals surface area contributed by atoms with Crippen molar-refractivity contribution in [1.29, 1.82) is 0 Å². The van der Waals surface area contributed by atoms with Crippen LogP contribution in [0.25, 0.3) is 0 Å². The highest BCUT2D eigenvalue weighted by atomic mass is 31.2.